The third-order valence-electron chi connectivity index (χ3n) is 2.16. The first-order chi connectivity index (χ1) is 10.6. The van der Waals surface area contributed by atoms with Crippen molar-refractivity contribution in [1.29, 1.82) is 0 Å². The SMILES string of the molecule is CCOC(=O)CSc1nnc(NC(=O)c2ccc(=O)[nH]n2)s1. The van der Waals surface area contributed by atoms with Gasteiger partial charge in [-0.05, 0) is 13.0 Å². The molecule has 0 aromatic carbocycles. The monoisotopic (exact) mass is 341 g/mol. The number of amides is 1. The van der Waals surface area contributed by atoms with Crippen LogP contribution in [-0.2, 0) is 9.53 Å². The van der Waals surface area contributed by atoms with Crippen LogP contribution in [0.4, 0.5) is 5.13 Å². The van der Waals surface area contributed by atoms with Gasteiger partial charge in [-0.2, -0.15) is 5.10 Å². The van der Waals surface area contributed by atoms with Crippen LogP contribution >= 0.6 is 23.1 Å². The number of anilines is 1. The van der Waals surface area contributed by atoms with Gasteiger partial charge in [0.05, 0.1) is 12.4 Å². The number of carbonyl (C=O) groups excluding carboxylic acids is 2. The van der Waals surface area contributed by atoms with Crippen LogP contribution in [-0.4, -0.2) is 44.6 Å². The predicted octanol–water partition coefficient (Wildman–Crippen LogP) is 0.529. The van der Waals surface area contributed by atoms with E-state index in [4.69, 9.17) is 4.74 Å². The molecule has 2 aromatic rings. The van der Waals surface area contributed by atoms with Gasteiger partial charge in [-0.1, -0.05) is 23.1 Å². The van der Waals surface area contributed by atoms with Crippen molar-refractivity contribution in [2.24, 2.45) is 0 Å². The molecule has 11 heteroatoms. The van der Waals surface area contributed by atoms with Gasteiger partial charge in [-0.25, -0.2) is 5.10 Å². The van der Waals surface area contributed by atoms with E-state index in [2.05, 4.69) is 25.7 Å². The number of hydrogen-bond acceptors (Lipinski definition) is 9. The van der Waals surface area contributed by atoms with E-state index in [0.717, 1.165) is 11.3 Å². The maximum Gasteiger partial charge on any atom is 0.316 e. The highest BCUT2D eigenvalue weighted by Crippen LogP contribution is 2.25. The van der Waals surface area contributed by atoms with E-state index in [-0.39, 0.29) is 22.5 Å². The van der Waals surface area contributed by atoms with E-state index in [1.165, 1.54) is 23.9 Å². The lowest BCUT2D eigenvalue weighted by Gasteiger charge is -1.99. The Morgan fingerprint density at radius 3 is 2.91 bits per heavy atom. The van der Waals surface area contributed by atoms with Gasteiger partial charge in [-0.3, -0.25) is 19.7 Å². The van der Waals surface area contributed by atoms with E-state index in [1.54, 1.807) is 6.92 Å². The number of nitrogens with zero attached hydrogens (tertiary/aromatic N) is 3. The van der Waals surface area contributed by atoms with Crippen LogP contribution in [0.25, 0.3) is 0 Å². The number of hydrogen-bond donors (Lipinski definition) is 2. The van der Waals surface area contributed by atoms with Crippen molar-refractivity contribution in [3.05, 3.63) is 28.2 Å². The molecule has 22 heavy (non-hydrogen) atoms. The first kappa shape index (κ1) is 16.1. The number of ether oxygens (including phenoxy) is 1. The van der Waals surface area contributed by atoms with Crippen molar-refractivity contribution in [3.63, 3.8) is 0 Å². The Morgan fingerprint density at radius 1 is 1.41 bits per heavy atom. The van der Waals surface area contributed by atoms with Crippen molar-refractivity contribution in [3.8, 4) is 0 Å². The minimum atomic E-state index is -0.519. The van der Waals surface area contributed by atoms with E-state index < -0.39 is 11.5 Å². The van der Waals surface area contributed by atoms with Crippen molar-refractivity contribution in [1.82, 2.24) is 20.4 Å². The van der Waals surface area contributed by atoms with Crippen LogP contribution in [0, 0.1) is 0 Å². The maximum atomic E-state index is 11.8. The third kappa shape index (κ3) is 4.63. The predicted molar refractivity (Wildman–Crippen MR) is 80.1 cm³/mol. The summed E-state index contributed by atoms with van der Waals surface area (Å²) < 4.78 is 5.32. The summed E-state index contributed by atoms with van der Waals surface area (Å²) in [6, 6.07) is 2.49. The molecule has 0 unspecified atom stereocenters. The van der Waals surface area contributed by atoms with Crippen LogP contribution in [0.15, 0.2) is 21.3 Å². The number of thioether (sulfide) groups is 1. The summed E-state index contributed by atoms with van der Waals surface area (Å²) in [5.74, 6) is -0.738. The summed E-state index contributed by atoms with van der Waals surface area (Å²) in [4.78, 5) is 33.9. The van der Waals surface area contributed by atoms with Crippen molar-refractivity contribution in [2.45, 2.75) is 11.3 Å². The number of nitrogens with one attached hydrogen (secondary N) is 2. The Hall–Kier alpha value is -2.27. The van der Waals surface area contributed by atoms with Gasteiger partial charge in [0.25, 0.3) is 11.5 Å². The molecule has 0 saturated carbocycles. The number of rotatable bonds is 6. The van der Waals surface area contributed by atoms with Crippen LogP contribution in [0.5, 0.6) is 0 Å². The maximum absolute atomic E-state index is 11.8. The molecule has 0 bridgehead atoms. The fourth-order valence-corrected chi connectivity index (χ4v) is 2.82. The molecule has 0 atom stereocenters. The lowest BCUT2D eigenvalue weighted by atomic mass is 10.4. The van der Waals surface area contributed by atoms with Crippen molar-refractivity contribution >= 4 is 40.1 Å². The zero-order chi connectivity index (χ0) is 15.9. The van der Waals surface area contributed by atoms with Gasteiger partial charge in [0, 0.05) is 6.07 Å². The highest BCUT2D eigenvalue weighted by atomic mass is 32.2. The Balaban J connectivity index is 1.91. The summed E-state index contributed by atoms with van der Waals surface area (Å²) in [5, 5.41) is 16.2. The highest BCUT2D eigenvalue weighted by molar-refractivity contribution is 8.01. The summed E-state index contributed by atoms with van der Waals surface area (Å²) in [6.45, 7) is 2.05. The molecule has 2 heterocycles. The molecule has 0 aliphatic heterocycles. The summed E-state index contributed by atoms with van der Waals surface area (Å²) in [6.07, 6.45) is 0. The van der Waals surface area contributed by atoms with Gasteiger partial charge >= 0.3 is 5.97 Å². The first-order valence-corrected chi connectivity index (χ1v) is 7.87. The Bertz CT molecular complexity index is 709. The van der Waals surface area contributed by atoms with E-state index in [9.17, 15) is 14.4 Å². The molecule has 0 spiro atoms. The van der Waals surface area contributed by atoms with E-state index >= 15 is 0 Å². The number of esters is 1. The van der Waals surface area contributed by atoms with Crippen LogP contribution in [0.1, 0.15) is 17.4 Å². The van der Waals surface area contributed by atoms with E-state index in [1.807, 2.05) is 0 Å². The van der Waals surface area contributed by atoms with Gasteiger partial charge in [-0.15, -0.1) is 10.2 Å². The second kappa shape index (κ2) is 7.66. The Kier molecular flexibility index (Phi) is 5.61. The topological polar surface area (TPSA) is 127 Å². The standard InChI is InChI=1S/C11H11N5O4S2/c1-2-20-8(18)5-21-11-16-15-10(22-11)12-9(19)6-3-4-7(17)14-13-6/h3-4H,2,5H2,1H3,(H,14,17)(H,12,15,19). The molecule has 0 fully saturated rings. The Morgan fingerprint density at radius 2 is 2.23 bits per heavy atom. The molecule has 2 aromatic heterocycles. The molecular weight excluding hydrogens is 330 g/mol. The van der Waals surface area contributed by atoms with Crippen LogP contribution < -0.4 is 10.9 Å². The van der Waals surface area contributed by atoms with Crippen LogP contribution in [0.3, 0.4) is 0 Å². The van der Waals surface area contributed by atoms with E-state index in [0.29, 0.717) is 10.9 Å². The van der Waals surface area contributed by atoms with Gasteiger partial charge in [0.2, 0.25) is 5.13 Å². The quantitative estimate of drug-likeness (QED) is 0.442. The highest BCUT2D eigenvalue weighted by Gasteiger charge is 2.13. The zero-order valence-corrected chi connectivity index (χ0v) is 13.0. The molecule has 1 amide bonds. The number of aromatic nitrogens is 4. The Labute approximate surface area is 132 Å². The molecule has 0 saturated heterocycles. The largest absolute Gasteiger partial charge is 0.465 e. The minimum Gasteiger partial charge on any atom is -0.465 e. The lowest BCUT2D eigenvalue weighted by molar-refractivity contribution is -0.139. The fourth-order valence-electron chi connectivity index (χ4n) is 1.27. The normalized spacial score (nSPS) is 10.2. The van der Waals surface area contributed by atoms with Gasteiger partial charge in [0.15, 0.2) is 4.34 Å². The summed E-state index contributed by atoms with van der Waals surface area (Å²) in [5.41, 5.74) is -0.347. The van der Waals surface area contributed by atoms with Crippen molar-refractivity contribution in [2.75, 3.05) is 17.7 Å². The van der Waals surface area contributed by atoms with Gasteiger partial charge in [0.1, 0.15) is 5.69 Å². The number of carbonyl (C=O) groups is 2. The van der Waals surface area contributed by atoms with Crippen LogP contribution in [0.2, 0.25) is 0 Å². The molecular formula is C11H11N5O4S2. The number of aromatic amines is 1. The smallest absolute Gasteiger partial charge is 0.316 e. The second-order valence-corrected chi connectivity index (χ2v) is 5.93. The molecule has 0 aliphatic rings. The molecule has 0 radical (unpaired) electrons. The summed E-state index contributed by atoms with van der Waals surface area (Å²) in [7, 11) is 0. The first-order valence-electron chi connectivity index (χ1n) is 6.07. The zero-order valence-electron chi connectivity index (χ0n) is 11.4. The average molecular weight is 341 g/mol. The molecule has 2 rings (SSSR count). The minimum absolute atomic E-state index is 0.0514. The molecule has 2 N–H and O–H groups in total. The van der Waals surface area contributed by atoms with Gasteiger partial charge < -0.3 is 4.74 Å². The second-order valence-electron chi connectivity index (χ2n) is 3.73. The molecule has 116 valence electrons. The average Bonchev–Trinajstić information content (AvgIpc) is 2.93. The molecule has 0 aliphatic carbocycles. The lowest BCUT2D eigenvalue weighted by Crippen LogP contribution is -2.17. The fraction of sp³-hybridized carbons (Fsp3) is 0.273. The number of H-pyrrole nitrogens is 1. The molecule has 9 nitrogen and oxygen atoms in total. The third-order valence-corrected chi connectivity index (χ3v) is 4.10. The summed E-state index contributed by atoms with van der Waals surface area (Å²) >= 11 is 2.29. The van der Waals surface area contributed by atoms with Crippen molar-refractivity contribution < 1.29 is 14.3 Å².